The number of H-pyrrole nitrogens is 2. The monoisotopic (exact) mass is 573 g/mol. The lowest BCUT2D eigenvalue weighted by molar-refractivity contribution is -0.385. The van der Waals surface area contributed by atoms with Crippen molar-refractivity contribution in [3.05, 3.63) is 108 Å². The Balaban J connectivity index is 1.48. The Morgan fingerprint density at radius 2 is 1.15 bits per heavy atom. The molecule has 5 aromatic rings. The molecular weight excluding hydrogens is 558 g/mol. The van der Waals surface area contributed by atoms with Crippen LogP contribution in [0, 0.1) is 29.8 Å². The zero-order chi connectivity index (χ0) is 28.2. The first-order valence-electron chi connectivity index (χ1n) is 11.2. The maximum atomic E-state index is 11.1. The van der Waals surface area contributed by atoms with E-state index in [2.05, 4.69) is 35.6 Å². The maximum Gasteiger partial charge on any atom is 0.270 e. The van der Waals surface area contributed by atoms with Crippen molar-refractivity contribution < 1.29 is 9.85 Å². The van der Waals surface area contributed by atoms with Crippen molar-refractivity contribution >= 4 is 48.2 Å². The second-order valence-electron chi connectivity index (χ2n) is 7.93. The van der Waals surface area contributed by atoms with Gasteiger partial charge in [0.1, 0.15) is 11.4 Å². The van der Waals surface area contributed by atoms with Crippen LogP contribution in [0.1, 0.15) is 11.1 Å². The van der Waals surface area contributed by atoms with Crippen molar-refractivity contribution in [1.82, 2.24) is 34.7 Å². The summed E-state index contributed by atoms with van der Waals surface area (Å²) in [6.07, 6.45) is 2.83. The van der Waals surface area contributed by atoms with Crippen LogP contribution in [0.5, 0.6) is 0 Å². The van der Waals surface area contributed by atoms with Gasteiger partial charge in [0.15, 0.2) is 0 Å². The number of pyridine rings is 1. The highest BCUT2D eigenvalue weighted by atomic mass is 32.1. The van der Waals surface area contributed by atoms with Crippen LogP contribution in [-0.4, -0.2) is 57.0 Å². The minimum atomic E-state index is -0.495. The minimum Gasteiger partial charge on any atom is -0.258 e. The molecule has 0 aliphatic rings. The number of nitrogens with zero attached hydrogens (tertiary/aromatic N) is 9. The van der Waals surface area contributed by atoms with Crippen LogP contribution >= 0.6 is 24.4 Å². The third kappa shape index (κ3) is 5.49. The summed E-state index contributed by atoms with van der Waals surface area (Å²) in [6.45, 7) is 0. The highest BCUT2D eigenvalue weighted by Gasteiger charge is 2.15. The molecule has 0 atom stereocenters. The average molecular weight is 574 g/mol. The normalized spacial score (nSPS) is 11.4. The molecule has 17 heteroatoms. The number of non-ortho nitro benzene ring substituents is 2. The van der Waals surface area contributed by atoms with Crippen molar-refractivity contribution in [3.63, 3.8) is 0 Å². The van der Waals surface area contributed by atoms with Gasteiger partial charge in [-0.05, 0) is 36.6 Å². The first kappa shape index (κ1) is 26.1. The summed E-state index contributed by atoms with van der Waals surface area (Å²) in [5.74, 6) is 0.545. The van der Waals surface area contributed by atoms with E-state index >= 15 is 0 Å². The number of hydrogen-bond donors (Lipinski definition) is 2. The molecule has 0 saturated carbocycles. The van der Waals surface area contributed by atoms with Gasteiger partial charge in [0.25, 0.3) is 11.4 Å². The van der Waals surface area contributed by atoms with Crippen molar-refractivity contribution in [2.75, 3.05) is 0 Å². The quantitative estimate of drug-likeness (QED) is 0.116. The van der Waals surface area contributed by atoms with E-state index in [1.54, 1.807) is 42.5 Å². The van der Waals surface area contributed by atoms with Gasteiger partial charge in [-0.15, -0.1) is 0 Å². The van der Waals surface area contributed by atoms with Gasteiger partial charge in [-0.2, -0.15) is 29.8 Å². The molecule has 0 spiro atoms. The Labute approximate surface area is 233 Å². The number of aromatic nitrogens is 7. The highest BCUT2D eigenvalue weighted by molar-refractivity contribution is 7.71. The largest absolute Gasteiger partial charge is 0.270 e. The van der Waals surface area contributed by atoms with E-state index < -0.39 is 9.85 Å². The molecule has 15 nitrogen and oxygen atoms in total. The summed E-state index contributed by atoms with van der Waals surface area (Å²) in [4.78, 5) is 25.8. The van der Waals surface area contributed by atoms with Gasteiger partial charge in [0, 0.05) is 35.4 Å². The van der Waals surface area contributed by atoms with Gasteiger partial charge in [-0.3, -0.25) is 20.2 Å². The molecule has 5 rings (SSSR count). The summed E-state index contributed by atoms with van der Waals surface area (Å²) >= 11 is 10.6. The van der Waals surface area contributed by atoms with E-state index in [1.165, 1.54) is 46.0 Å². The Kier molecular flexibility index (Phi) is 7.20. The molecule has 0 aliphatic heterocycles. The molecule has 198 valence electrons. The standard InChI is InChI=1S/C23H15N11O4S2/c35-33(36)16-6-1-4-14(10-16)12-24-31-20(27-29-22(31)39)18-8-3-9-19(26-18)21-28-30-23(40)32(21)25-13-15-5-2-7-17(11-15)34(37)38/h1-13H,(H,29,39)(H,30,40)/b24-12+,25-13+. The molecule has 40 heavy (non-hydrogen) atoms. The molecule has 2 N–H and O–H groups in total. The first-order valence-corrected chi connectivity index (χ1v) is 12.0. The SMILES string of the molecule is O=[N+]([O-])c1cccc(/C=N/n2c(-c3cccc(-c4n[nH]c(=S)n4/N=C/c4cccc([N+](=O)[O-])c4)n3)n[nH]c2=S)c1. The summed E-state index contributed by atoms with van der Waals surface area (Å²) in [5, 5.41) is 44.6. The van der Waals surface area contributed by atoms with Crippen LogP contribution in [0.15, 0.2) is 76.9 Å². The first-order chi connectivity index (χ1) is 19.3. The number of nitro benzene ring substituents is 2. The number of nitrogens with one attached hydrogen (secondary N) is 2. The average Bonchev–Trinajstić information content (AvgIpc) is 3.52. The van der Waals surface area contributed by atoms with Crippen LogP contribution in [-0.2, 0) is 0 Å². The molecule has 0 amide bonds. The fraction of sp³-hybridized carbons (Fsp3) is 0. The van der Waals surface area contributed by atoms with Gasteiger partial charge < -0.3 is 0 Å². The molecule has 3 aromatic heterocycles. The Bertz CT molecular complexity index is 1800. The number of hydrogen-bond acceptors (Lipinski definition) is 11. The second kappa shape index (κ2) is 11.1. The third-order valence-electron chi connectivity index (χ3n) is 5.31. The molecule has 0 unspecified atom stereocenters. The molecule has 3 heterocycles. The zero-order valence-electron chi connectivity index (χ0n) is 20.0. The number of benzene rings is 2. The van der Waals surface area contributed by atoms with Gasteiger partial charge in [0.05, 0.1) is 22.3 Å². The highest BCUT2D eigenvalue weighted by Crippen LogP contribution is 2.21. The predicted molar refractivity (Wildman–Crippen MR) is 149 cm³/mol. The lowest BCUT2D eigenvalue weighted by Gasteiger charge is -2.04. The van der Waals surface area contributed by atoms with E-state index in [0.29, 0.717) is 22.5 Å². The third-order valence-corrected chi connectivity index (χ3v) is 5.84. The molecule has 0 saturated heterocycles. The lowest BCUT2D eigenvalue weighted by atomic mass is 10.2. The molecule has 2 aromatic carbocycles. The smallest absolute Gasteiger partial charge is 0.258 e. The Morgan fingerprint density at radius 3 is 1.57 bits per heavy atom. The topological polar surface area (TPSA) is 191 Å². The summed E-state index contributed by atoms with van der Waals surface area (Å²) in [6, 6.07) is 17.0. The minimum absolute atomic E-state index is 0.0732. The fourth-order valence-electron chi connectivity index (χ4n) is 3.50. The maximum absolute atomic E-state index is 11.1. The van der Waals surface area contributed by atoms with Crippen molar-refractivity contribution in [2.24, 2.45) is 10.2 Å². The van der Waals surface area contributed by atoms with Crippen LogP contribution in [0.25, 0.3) is 23.0 Å². The van der Waals surface area contributed by atoms with E-state index in [9.17, 15) is 20.2 Å². The Hall–Kier alpha value is -5.55. The van der Waals surface area contributed by atoms with Gasteiger partial charge >= 0.3 is 0 Å². The number of nitro groups is 2. The second-order valence-corrected chi connectivity index (χ2v) is 8.70. The fourth-order valence-corrected chi connectivity index (χ4v) is 3.86. The predicted octanol–water partition coefficient (Wildman–Crippen LogP) is 4.50. The van der Waals surface area contributed by atoms with Gasteiger partial charge in [-0.1, -0.05) is 30.3 Å². The van der Waals surface area contributed by atoms with E-state index in [1.807, 2.05) is 0 Å². The van der Waals surface area contributed by atoms with Crippen molar-refractivity contribution in [2.45, 2.75) is 0 Å². The molecule has 0 bridgehead atoms. The number of rotatable bonds is 8. The molecular formula is C23H15N11O4S2. The van der Waals surface area contributed by atoms with E-state index in [-0.39, 0.29) is 32.6 Å². The van der Waals surface area contributed by atoms with E-state index in [0.717, 1.165) is 0 Å². The van der Waals surface area contributed by atoms with Crippen LogP contribution in [0.4, 0.5) is 11.4 Å². The van der Waals surface area contributed by atoms with Crippen molar-refractivity contribution in [1.29, 1.82) is 0 Å². The zero-order valence-corrected chi connectivity index (χ0v) is 21.6. The summed E-state index contributed by atoms with van der Waals surface area (Å²) < 4.78 is 3.01. The molecule has 0 radical (unpaired) electrons. The van der Waals surface area contributed by atoms with Crippen LogP contribution < -0.4 is 0 Å². The summed E-state index contributed by atoms with van der Waals surface area (Å²) in [7, 11) is 0. The Morgan fingerprint density at radius 1 is 0.725 bits per heavy atom. The summed E-state index contributed by atoms with van der Waals surface area (Å²) in [5.41, 5.74) is 1.59. The van der Waals surface area contributed by atoms with E-state index in [4.69, 9.17) is 24.4 Å². The van der Waals surface area contributed by atoms with Crippen molar-refractivity contribution in [3.8, 4) is 23.0 Å². The van der Waals surface area contributed by atoms with Crippen LogP contribution in [0.2, 0.25) is 0 Å². The lowest BCUT2D eigenvalue weighted by Crippen LogP contribution is -2.00. The number of aromatic amines is 2. The molecule has 0 aliphatic carbocycles. The van der Waals surface area contributed by atoms with Gasteiger partial charge in [-0.25, -0.2) is 15.2 Å². The van der Waals surface area contributed by atoms with Crippen LogP contribution in [0.3, 0.4) is 0 Å². The molecule has 0 fully saturated rings. The van der Waals surface area contributed by atoms with Gasteiger partial charge in [0.2, 0.25) is 21.2 Å².